The fourth-order valence-corrected chi connectivity index (χ4v) is 3.95. The molecule has 0 aliphatic heterocycles. The predicted octanol–water partition coefficient (Wildman–Crippen LogP) is 2.66. The molecule has 0 aliphatic carbocycles. The molecule has 2 aromatic carbocycles. The summed E-state index contributed by atoms with van der Waals surface area (Å²) < 4.78 is 29.3. The summed E-state index contributed by atoms with van der Waals surface area (Å²) in [6, 6.07) is 15.5. The normalized spacial score (nSPS) is 12.2. The highest BCUT2D eigenvalue weighted by molar-refractivity contribution is 7.90. The number of ether oxygens (including phenoxy) is 1. The van der Waals surface area contributed by atoms with Crippen molar-refractivity contribution in [3.8, 4) is 0 Å². The highest BCUT2D eigenvalue weighted by Crippen LogP contribution is 2.13. The van der Waals surface area contributed by atoms with E-state index in [0.29, 0.717) is 11.1 Å². The average Bonchev–Trinajstić information content (AvgIpc) is 2.66. The topological polar surface area (TPSA) is 89.5 Å². The maximum Gasteiger partial charge on any atom is 0.337 e. The summed E-state index contributed by atoms with van der Waals surface area (Å²) in [6.07, 6.45) is -0.115. The van der Waals surface area contributed by atoms with Crippen LogP contribution < -0.4 is 5.32 Å². The fourth-order valence-electron chi connectivity index (χ4n) is 2.62. The standard InChI is InChI=1S/C20H23NO5S/c1-15(17-8-4-3-5-9-17)21-19(22)11-12-27(24,25)14-16-7-6-10-18(13-16)20(23)26-2/h3-10,13,15H,11-12,14H2,1-2H3,(H,21,22)/t15-/m0/s1. The van der Waals surface area contributed by atoms with Crippen LogP contribution in [-0.2, 0) is 25.1 Å². The summed E-state index contributed by atoms with van der Waals surface area (Å²) >= 11 is 0. The molecule has 6 nitrogen and oxygen atoms in total. The molecular weight excluding hydrogens is 366 g/mol. The first kappa shape index (κ1) is 20.6. The van der Waals surface area contributed by atoms with Crippen molar-refractivity contribution in [2.75, 3.05) is 12.9 Å². The van der Waals surface area contributed by atoms with Gasteiger partial charge >= 0.3 is 5.97 Å². The van der Waals surface area contributed by atoms with Gasteiger partial charge in [0.15, 0.2) is 9.84 Å². The van der Waals surface area contributed by atoms with Crippen molar-refractivity contribution >= 4 is 21.7 Å². The summed E-state index contributed by atoms with van der Waals surface area (Å²) in [4.78, 5) is 23.6. The van der Waals surface area contributed by atoms with Crippen LogP contribution in [0.1, 0.15) is 40.9 Å². The Hall–Kier alpha value is -2.67. The number of esters is 1. The Morgan fingerprint density at radius 2 is 1.78 bits per heavy atom. The van der Waals surface area contributed by atoms with E-state index >= 15 is 0 Å². The van der Waals surface area contributed by atoms with Crippen molar-refractivity contribution in [3.05, 3.63) is 71.3 Å². The Bertz CT molecular complexity index is 894. The molecule has 0 spiro atoms. The van der Waals surface area contributed by atoms with Gasteiger partial charge in [0, 0.05) is 6.42 Å². The van der Waals surface area contributed by atoms with Crippen LogP contribution in [0.2, 0.25) is 0 Å². The summed E-state index contributed by atoms with van der Waals surface area (Å²) in [5, 5.41) is 2.80. The number of benzene rings is 2. The monoisotopic (exact) mass is 389 g/mol. The van der Waals surface area contributed by atoms with Gasteiger partial charge in [0.05, 0.1) is 30.2 Å². The Morgan fingerprint density at radius 3 is 2.44 bits per heavy atom. The highest BCUT2D eigenvalue weighted by atomic mass is 32.2. The molecule has 2 aromatic rings. The quantitative estimate of drug-likeness (QED) is 0.701. The third-order valence-electron chi connectivity index (χ3n) is 4.05. The van der Waals surface area contributed by atoms with Gasteiger partial charge in [0.25, 0.3) is 0 Å². The van der Waals surface area contributed by atoms with E-state index in [2.05, 4.69) is 10.1 Å². The lowest BCUT2D eigenvalue weighted by Crippen LogP contribution is -2.28. The van der Waals surface area contributed by atoms with E-state index in [1.54, 1.807) is 18.2 Å². The maximum atomic E-state index is 12.3. The molecular formula is C20H23NO5S. The third kappa shape index (κ3) is 6.53. The van der Waals surface area contributed by atoms with Crippen molar-refractivity contribution < 1.29 is 22.7 Å². The van der Waals surface area contributed by atoms with E-state index in [1.165, 1.54) is 13.2 Å². The van der Waals surface area contributed by atoms with Crippen LogP contribution in [0.15, 0.2) is 54.6 Å². The van der Waals surface area contributed by atoms with E-state index in [0.717, 1.165) is 5.56 Å². The molecule has 27 heavy (non-hydrogen) atoms. The molecule has 7 heteroatoms. The highest BCUT2D eigenvalue weighted by Gasteiger charge is 2.17. The predicted molar refractivity (Wildman–Crippen MR) is 103 cm³/mol. The van der Waals surface area contributed by atoms with Gasteiger partial charge in [-0.3, -0.25) is 4.79 Å². The zero-order valence-electron chi connectivity index (χ0n) is 15.3. The van der Waals surface area contributed by atoms with E-state index in [9.17, 15) is 18.0 Å². The van der Waals surface area contributed by atoms with Gasteiger partial charge in [-0.05, 0) is 30.2 Å². The molecule has 2 rings (SSSR count). The number of sulfone groups is 1. The van der Waals surface area contributed by atoms with E-state index in [-0.39, 0.29) is 29.9 Å². The van der Waals surface area contributed by atoms with Crippen LogP contribution in [0.5, 0.6) is 0 Å². The Labute approximate surface area is 159 Å². The van der Waals surface area contributed by atoms with Crippen LogP contribution in [-0.4, -0.2) is 33.2 Å². The largest absolute Gasteiger partial charge is 0.465 e. The maximum absolute atomic E-state index is 12.3. The second-order valence-corrected chi connectivity index (χ2v) is 8.42. The summed E-state index contributed by atoms with van der Waals surface area (Å²) in [6.45, 7) is 1.85. The lowest BCUT2D eigenvalue weighted by Gasteiger charge is -2.14. The molecule has 0 saturated heterocycles. The fraction of sp³-hybridized carbons (Fsp3) is 0.300. The first-order valence-electron chi connectivity index (χ1n) is 8.53. The average molecular weight is 389 g/mol. The summed E-state index contributed by atoms with van der Waals surface area (Å²) in [5.74, 6) is -1.34. The molecule has 144 valence electrons. The number of carbonyl (C=O) groups is 2. The van der Waals surface area contributed by atoms with E-state index in [4.69, 9.17) is 0 Å². The Balaban J connectivity index is 1.91. The number of hydrogen-bond acceptors (Lipinski definition) is 5. The second kappa shape index (κ2) is 9.32. The number of nitrogens with one attached hydrogen (secondary N) is 1. The zero-order chi connectivity index (χ0) is 19.9. The van der Waals surface area contributed by atoms with E-state index < -0.39 is 15.8 Å². The van der Waals surface area contributed by atoms with Crippen molar-refractivity contribution in [3.63, 3.8) is 0 Å². The minimum Gasteiger partial charge on any atom is -0.465 e. The molecule has 0 heterocycles. The molecule has 1 amide bonds. The lowest BCUT2D eigenvalue weighted by atomic mass is 10.1. The molecule has 0 saturated carbocycles. The van der Waals surface area contributed by atoms with Crippen LogP contribution in [0.3, 0.4) is 0 Å². The number of rotatable bonds is 8. The summed E-state index contributed by atoms with van der Waals surface area (Å²) in [5.41, 5.74) is 1.73. The van der Waals surface area contributed by atoms with Gasteiger partial charge in [-0.15, -0.1) is 0 Å². The number of carbonyl (C=O) groups excluding carboxylic acids is 2. The van der Waals surface area contributed by atoms with Gasteiger partial charge < -0.3 is 10.1 Å². The smallest absolute Gasteiger partial charge is 0.337 e. The van der Waals surface area contributed by atoms with E-state index in [1.807, 2.05) is 37.3 Å². The summed E-state index contributed by atoms with van der Waals surface area (Å²) in [7, 11) is -2.23. The molecule has 0 bridgehead atoms. The van der Waals surface area contributed by atoms with Gasteiger partial charge in [-0.1, -0.05) is 42.5 Å². The number of hydrogen-bond donors (Lipinski definition) is 1. The van der Waals surface area contributed by atoms with Gasteiger partial charge in [0.1, 0.15) is 0 Å². The van der Waals surface area contributed by atoms with Gasteiger partial charge in [-0.2, -0.15) is 0 Å². The molecule has 0 aliphatic rings. The molecule has 0 radical (unpaired) electrons. The number of methoxy groups -OCH3 is 1. The van der Waals surface area contributed by atoms with Crippen molar-refractivity contribution in [2.24, 2.45) is 0 Å². The minimum absolute atomic E-state index is 0.115. The first-order chi connectivity index (χ1) is 12.8. The van der Waals surface area contributed by atoms with Gasteiger partial charge in [0.2, 0.25) is 5.91 Å². The zero-order valence-corrected chi connectivity index (χ0v) is 16.2. The first-order valence-corrected chi connectivity index (χ1v) is 10.3. The molecule has 0 fully saturated rings. The van der Waals surface area contributed by atoms with Crippen LogP contribution >= 0.6 is 0 Å². The van der Waals surface area contributed by atoms with Crippen LogP contribution in [0.4, 0.5) is 0 Å². The van der Waals surface area contributed by atoms with Crippen molar-refractivity contribution in [1.82, 2.24) is 5.32 Å². The van der Waals surface area contributed by atoms with Crippen molar-refractivity contribution in [1.29, 1.82) is 0 Å². The molecule has 0 unspecified atom stereocenters. The molecule has 1 N–H and O–H groups in total. The Morgan fingerprint density at radius 1 is 1.07 bits per heavy atom. The molecule has 1 atom stereocenters. The second-order valence-electron chi connectivity index (χ2n) is 6.23. The lowest BCUT2D eigenvalue weighted by molar-refractivity contribution is -0.121. The third-order valence-corrected chi connectivity index (χ3v) is 5.65. The van der Waals surface area contributed by atoms with Crippen LogP contribution in [0, 0.1) is 0 Å². The number of amides is 1. The van der Waals surface area contributed by atoms with Crippen molar-refractivity contribution in [2.45, 2.75) is 25.1 Å². The SMILES string of the molecule is COC(=O)c1cccc(CS(=O)(=O)CCC(=O)N[C@@H](C)c2ccccc2)c1. The minimum atomic E-state index is -3.49. The molecule has 0 aromatic heterocycles. The van der Waals surface area contributed by atoms with Gasteiger partial charge in [-0.25, -0.2) is 13.2 Å². The Kier molecular flexibility index (Phi) is 7.12. The van der Waals surface area contributed by atoms with Crippen LogP contribution in [0.25, 0.3) is 0 Å².